The average Bonchev–Trinajstić information content (AvgIpc) is 2.35. The summed E-state index contributed by atoms with van der Waals surface area (Å²) in [4.78, 5) is 13.5. The molecule has 1 aliphatic rings. The van der Waals surface area contributed by atoms with E-state index in [-0.39, 0.29) is 5.54 Å². The fourth-order valence-corrected chi connectivity index (χ4v) is 2.99. The number of hydrogen-bond donors (Lipinski definition) is 0. The maximum Gasteiger partial charge on any atom is 0.225 e. The van der Waals surface area contributed by atoms with Gasteiger partial charge in [-0.2, -0.15) is 0 Å². The van der Waals surface area contributed by atoms with E-state index in [0.29, 0.717) is 5.91 Å². The Bertz CT molecular complexity index is 260. The number of carbonyl (C=O) groups is 1. The lowest BCUT2D eigenvalue weighted by molar-refractivity contribution is -0.153. The molecule has 0 radical (unpaired) electrons. The molecule has 1 amide bonds. The number of likely N-dealkylation sites (tertiary alicyclic amines) is 1. The third-order valence-electron chi connectivity index (χ3n) is 4.35. The third kappa shape index (κ3) is 5.97. The van der Waals surface area contributed by atoms with Crippen LogP contribution in [0.25, 0.3) is 0 Å². The molecular formula is C17H33NO. The Morgan fingerprint density at radius 2 is 1.37 bits per heavy atom. The van der Waals surface area contributed by atoms with Crippen molar-refractivity contribution in [2.75, 3.05) is 6.54 Å². The lowest BCUT2D eigenvalue weighted by atomic mass is 9.87. The first-order valence-corrected chi connectivity index (χ1v) is 8.38. The topological polar surface area (TPSA) is 20.3 Å². The molecule has 0 unspecified atom stereocenters. The van der Waals surface area contributed by atoms with Crippen molar-refractivity contribution < 1.29 is 4.79 Å². The van der Waals surface area contributed by atoms with Gasteiger partial charge in [0.2, 0.25) is 5.91 Å². The van der Waals surface area contributed by atoms with Gasteiger partial charge in [-0.3, -0.25) is 4.79 Å². The van der Waals surface area contributed by atoms with E-state index in [1.807, 2.05) is 0 Å². The highest BCUT2D eigenvalue weighted by molar-refractivity contribution is 5.84. The molecule has 1 fully saturated rings. The van der Waals surface area contributed by atoms with Crippen LogP contribution in [-0.2, 0) is 4.79 Å². The maximum atomic E-state index is 11.5. The lowest BCUT2D eigenvalue weighted by Gasteiger charge is -2.47. The minimum Gasteiger partial charge on any atom is -0.337 e. The highest BCUT2D eigenvalue weighted by Gasteiger charge is 2.42. The number of hydrogen-bond acceptors (Lipinski definition) is 1. The normalized spacial score (nSPS) is 17.6. The zero-order valence-corrected chi connectivity index (χ0v) is 13.3. The predicted octanol–water partition coefficient (Wildman–Crippen LogP) is 4.92. The van der Waals surface area contributed by atoms with E-state index in [4.69, 9.17) is 0 Å². The molecule has 1 rings (SSSR count). The Hall–Kier alpha value is -0.530. The summed E-state index contributed by atoms with van der Waals surface area (Å²) < 4.78 is 0. The molecule has 0 bridgehead atoms. The van der Waals surface area contributed by atoms with Crippen LogP contribution in [0.4, 0.5) is 0 Å². The van der Waals surface area contributed by atoms with Crippen LogP contribution in [0.5, 0.6) is 0 Å². The van der Waals surface area contributed by atoms with Crippen molar-refractivity contribution >= 4 is 5.91 Å². The Morgan fingerprint density at radius 3 is 1.79 bits per heavy atom. The zero-order valence-electron chi connectivity index (χ0n) is 13.3. The first kappa shape index (κ1) is 16.5. The van der Waals surface area contributed by atoms with Gasteiger partial charge in [0.25, 0.3) is 0 Å². The number of β-lactam (4-membered cyclic amide) rings is 1. The molecule has 1 heterocycles. The van der Waals surface area contributed by atoms with Gasteiger partial charge in [0.05, 0.1) is 0 Å². The van der Waals surface area contributed by atoms with E-state index in [0.717, 1.165) is 13.0 Å². The van der Waals surface area contributed by atoms with E-state index >= 15 is 0 Å². The van der Waals surface area contributed by atoms with E-state index < -0.39 is 0 Å². The zero-order chi connectivity index (χ0) is 14.1. The Kier molecular flexibility index (Phi) is 7.48. The summed E-state index contributed by atoms with van der Waals surface area (Å²) in [6, 6.07) is 0. The van der Waals surface area contributed by atoms with Gasteiger partial charge < -0.3 is 4.90 Å². The van der Waals surface area contributed by atoms with Crippen LogP contribution in [0, 0.1) is 0 Å². The summed E-state index contributed by atoms with van der Waals surface area (Å²) in [7, 11) is 0. The van der Waals surface area contributed by atoms with Gasteiger partial charge in [-0.1, -0.05) is 64.7 Å². The van der Waals surface area contributed by atoms with Gasteiger partial charge >= 0.3 is 0 Å². The minimum absolute atomic E-state index is 0.135. The highest BCUT2D eigenvalue weighted by atomic mass is 16.2. The van der Waals surface area contributed by atoms with Gasteiger partial charge in [0.15, 0.2) is 0 Å². The van der Waals surface area contributed by atoms with Crippen LogP contribution >= 0.6 is 0 Å². The number of nitrogens with zero attached hydrogens (tertiary/aromatic N) is 1. The smallest absolute Gasteiger partial charge is 0.225 e. The molecule has 2 nitrogen and oxygen atoms in total. The SMILES string of the molecule is CCCCCCCCCCCCN1C(=O)CC1(C)C. The lowest BCUT2D eigenvalue weighted by Crippen LogP contribution is -2.60. The number of rotatable bonds is 11. The minimum atomic E-state index is 0.135. The molecule has 112 valence electrons. The Balaban J connectivity index is 1.85. The number of amides is 1. The van der Waals surface area contributed by atoms with E-state index in [1.165, 1.54) is 64.2 Å². The van der Waals surface area contributed by atoms with E-state index in [2.05, 4.69) is 25.7 Å². The van der Waals surface area contributed by atoms with Gasteiger partial charge in [-0.25, -0.2) is 0 Å². The van der Waals surface area contributed by atoms with E-state index in [9.17, 15) is 4.79 Å². The van der Waals surface area contributed by atoms with Gasteiger partial charge in [-0.05, 0) is 20.3 Å². The molecular weight excluding hydrogens is 234 g/mol. The average molecular weight is 267 g/mol. The summed E-state index contributed by atoms with van der Waals surface area (Å²) in [5.74, 6) is 0.348. The van der Waals surface area contributed by atoms with Crippen molar-refractivity contribution in [3.05, 3.63) is 0 Å². The molecule has 0 saturated carbocycles. The van der Waals surface area contributed by atoms with Crippen molar-refractivity contribution in [3.63, 3.8) is 0 Å². The molecule has 2 heteroatoms. The highest BCUT2D eigenvalue weighted by Crippen LogP contribution is 2.31. The van der Waals surface area contributed by atoms with Gasteiger partial charge in [0, 0.05) is 18.5 Å². The molecule has 19 heavy (non-hydrogen) atoms. The summed E-state index contributed by atoms with van der Waals surface area (Å²) in [6.07, 6.45) is 14.3. The van der Waals surface area contributed by atoms with Crippen molar-refractivity contribution in [1.82, 2.24) is 4.90 Å². The molecule has 0 aromatic carbocycles. The molecule has 0 aromatic rings. The summed E-state index contributed by atoms with van der Waals surface area (Å²) >= 11 is 0. The molecule has 0 spiro atoms. The fraction of sp³-hybridized carbons (Fsp3) is 0.941. The quantitative estimate of drug-likeness (QED) is 0.384. The molecule has 1 aliphatic heterocycles. The molecule has 1 saturated heterocycles. The maximum absolute atomic E-state index is 11.5. The summed E-state index contributed by atoms with van der Waals surface area (Å²) in [5, 5.41) is 0. The van der Waals surface area contributed by atoms with Crippen LogP contribution in [0.3, 0.4) is 0 Å². The monoisotopic (exact) mass is 267 g/mol. The van der Waals surface area contributed by atoms with Crippen LogP contribution in [0.1, 0.15) is 91.4 Å². The molecule has 0 aliphatic carbocycles. The molecule has 0 N–H and O–H groups in total. The second-order valence-electron chi connectivity index (χ2n) is 6.72. The van der Waals surface area contributed by atoms with Crippen LogP contribution in [0.2, 0.25) is 0 Å². The van der Waals surface area contributed by atoms with E-state index in [1.54, 1.807) is 0 Å². The van der Waals surface area contributed by atoms with Gasteiger partial charge in [0.1, 0.15) is 0 Å². The molecule has 0 atom stereocenters. The van der Waals surface area contributed by atoms with Crippen LogP contribution in [-0.4, -0.2) is 22.9 Å². The number of unbranched alkanes of at least 4 members (excludes halogenated alkanes) is 9. The van der Waals surface area contributed by atoms with Crippen molar-refractivity contribution in [3.8, 4) is 0 Å². The fourth-order valence-electron chi connectivity index (χ4n) is 2.99. The standard InChI is InChI=1S/C17H33NO/c1-4-5-6-7-8-9-10-11-12-13-14-18-16(19)15-17(18,2)3/h4-15H2,1-3H3. The van der Waals surface area contributed by atoms with Crippen LogP contribution in [0.15, 0.2) is 0 Å². The van der Waals surface area contributed by atoms with Gasteiger partial charge in [-0.15, -0.1) is 0 Å². The van der Waals surface area contributed by atoms with Crippen molar-refractivity contribution in [1.29, 1.82) is 0 Å². The first-order chi connectivity index (χ1) is 9.08. The largest absolute Gasteiger partial charge is 0.337 e. The Labute approximate surface area is 119 Å². The van der Waals surface area contributed by atoms with Crippen molar-refractivity contribution in [2.24, 2.45) is 0 Å². The summed E-state index contributed by atoms with van der Waals surface area (Å²) in [6.45, 7) is 7.59. The van der Waals surface area contributed by atoms with Crippen LogP contribution < -0.4 is 0 Å². The second kappa shape index (κ2) is 8.60. The van der Waals surface area contributed by atoms with Crippen molar-refractivity contribution in [2.45, 2.75) is 96.9 Å². The number of carbonyl (C=O) groups excluding carboxylic acids is 1. The first-order valence-electron chi connectivity index (χ1n) is 8.38. The second-order valence-corrected chi connectivity index (χ2v) is 6.72. The Morgan fingerprint density at radius 1 is 0.895 bits per heavy atom. The third-order valence-corrected chi connectivity index (χ3v) is 4.35. The predicted molar refractivity (Wildman–Crippen MR) is 82.3 cm³/mol. The summed E-state index contributed by atoms with van der Waals surface area (Å²) in [5.41, 5.74) is 0.135. The molecule has 0 aromatic heterocycles.